The van der Waals surface area contributed by atoms with Crippen LogP contribution >= 0.6 is 0 Å². The first kappa shape index (κ1) is 14.4. The van der Waals surface area contributed by atoms with E-state index in [1.165, 1.54) is 19.4 Å². The Balaban J connectivity index is 2.56. The molecular weight excluding hydrogens is 236 g/mol. The largest absolute Gasteiger partial charge is 0.388 e. The van der Waals surface area contributed by atoms with Crippen molar-refractivity contribution in [2.75, 3.05) is 20.3 Å². The van der Waals surface area contributed by atoms with E-state index in [0.29, 0.717) is 13.0 Å². The first-order chi connectivity index (χ1) is 8.46. The van der Waals surface area contributed by atoms with Gasteiger partial charge in [0.25, 0.3) is 11.5 Å². The second-order valence-electron chi connectivity index (χ2n) is 4.34. The lowest BCUT2D eigenvalue weighted by Gasteiger charge is -2.23. The van der Waals surface area contributed by atoms with Crippen molar-refractivity contribution in [1.29, 1.82) is 0 Å². The number of hydrogen-bond donors (Lipinski definition) is 3. The summed E-state index contributed by atoms with van der Waals surface area (Å²) < 4.78 is 4.86. The van der Waals surface area contributed by atoms with Crippen LogP contribution in [0, 0.1) is 0 Å². The Labute approximate surface area is 105 Å². The van der Waals surface area contributed by atoms with Crippen LogP contribution < -0.4 is 10.9 Å². The lowest BCUT2D eigenvalue weighted by atomic mass is 10.0. The lowest BCUT2D eigenvalue weighted by molar-refractivity contribution is 0.0243. The molecule has 1 rings (SSSR count). The maximum atomic E-state index is 11.7. The van der Waals surface area contributed by atoms with Gasteiger partial charge in [-0.15, -0.1) is 0 Å². The van der Waals surface area contributed by atoms with E-state index in [-0.39, 0.29) is 12.1 Å². The van der Waals surface area contributed by atoms with Crippen LogP contribution in [0.15, 0.2) is 23.1 Å². The molecule has 1 aromatic heterocycles. The number of H-pyrrole nitrogens is 1. The molecule has 0 aliphatic heterocycles. The number of rotatable bonds is 6. The number of hydrogen-bond acceptors (Lipinski definition) is 4. The molecule has 1 aromatic rings. The maximum Gasteiger partial charge on any atom is 0.260 e. The third-order valence-corrected chi connectivity index (χ3v) is 2.54. The number of pyridine rings is 1. The molecule has 0 spiro atoms. The summed E-state index contributed by atoms with van der Waals surface area (Å²) in [7, 11) is 1.54. The molecule has 0 saturated heterocycles. The average molecular weight is 254 g/mol. The molecule has 1 unspecified atom stereocenters. The van der Waals surface area contributed by atoms with Crippen molar-refractivity contribution < 1.29 is 14.6 Å². The predicted octanol–water partition coefficient (Wildman–Crippen LogP) is -0.108. The number of nitrogens with one attached hydrogen (secondary N) is 2. The molecule has 6 heteroatoms. The van der Waals surface area contributed by atoms with Crippen LogP contribution in [0.2, 0.25) is 0 Å². The molecule has 0 aliphatic carbocycles. The third-order valence-electron chi connectivity index (χ3n) is 2.54. The SMILES string of the molecule is COCCC(C)(O)CNC(=O)c1ccc[nH]c1=O. The smallest absolute Gasteiger partial charge is 0.260 e. The van der Waals surface area contributed by atoms with Crippen LogP contribution in [0.3, 0.4) is 0 Å². The quantitative estimate of drug-likeness (QED) is 0.660. The van der Waals surface area contributed by atoms with Crippen molar-refractivity contribution in [3.8, 4) is 0 Å². The van der Waals surface area contributed by atoms with Gasteiger partial charge < -0.3 is 20.1 Å². The Bertz CT molecular complexity index is 453. The fourth-order valence-electron chi connectivity index (χ4n) is 1.38. The van der Waals surface area contributed by atoms with E-state index in [0.717, 1.165) is 0 Å². The van der Waals surface area contributed by atoms with E-state index in [4.69, 9.17) is 4.74 Å². The molecule has 100 valence electrons. The van der Waals surface area contributed by atoms with Gasteiger partial charge in [0, 0.05) is 32.9 Å². The normalized spacial score (nSPS) is 13.9. The van der Waals surface area contributed by atoms with Gasteiger partial charge in [-0.1, -0.05) is 0 Å². The highest BCUT2D eigenvalue weighted by Gasteiger charge is 2.21. The number of amides is 1. The summed E-state index contributed by atoms with van der Waals surface area (Å²) in [4.78, 5) is 25.5. The molecule has 1 amide bonds. The van der Waals surface area contributed by atoms with Gasteiger partial charge in [0.05, 0.1) is 5.60 Å². The van der Waals surface area contributed by atoms with Crippen LogP contribution in [0.5, 0.6) is 0 Å². The van der Waals surface area contributed by atoms with E-state index in [1.54, 1.807) is 13.0 Å². The molecule has 0 aliphatic rings. The van der Waals surface area contributed by atoms with Gasteiger partial charge in [-0.2, -0.15) is 0 Å². The maximum absolute atomic E-state index is 11.7. The molecule has 18 heavy (non-hydrogen) atoms. The van der Waals surface area contributed by atoms with E-state index < -0.39 is 17.1 Å². The zero-order valence-corrected chi connectivity index (χ0v) is 10.5. The Morgan fingerprint density at radius 2 is 2.33 bits per heavy atom. The summed E-state index contributed by atoms with van der Waals surface area (Å²) in [5.41, 5.74) is -1.49. The van der Waals surface area contributed by atoms with E-state index >= 15 is 0 Å². The predicted molar refractivity (Wildman–Crippen MR) is 66.5 cm³/mol. The van der Waals surface area contributed by atoms with Crippen molar-refractivity contribution in [3.05, 3.63) is 34.2 Å². The fraction of sp³-hybridized carbons (Fsp3) is 0.500. The number of ether oxygens (including phenoxy) is 1. The third kappa shape index (κ3) is 4.31. The van der Waals surface area contributed by atoms with Gasteiger partial charge in [0.1, 0.15) is 5.56 Å². The molecule has 0 saturated carbocycles. The fourth-order valence-corrected chi connectivity index (χ4v) is 1.38. The summed E-state index contributed by atoms with van der Waals surface area (Å²) in [6.07, 6.45) is 1.85. The van der Waals surface area contributed by atoms with Crippen LogP contribution in [-0.4, -0.2) is 41.9 Å². The number of carbonyl (C=O) groups is 1. The van der Waals surface area contributed by atoms with Gasteiger partial charge in [0.15, 0.2) is 0 Å². The van der Waals surface area contributed by atoms with Crippen LogP contribution in [0.25, 0.3) is 0 Å². The van der Waals surface area contributed by atoms with Gasteiger partial charge in [-0.05, 0) is 19.1 Å². The monoisotopic (exact) mass is 254 g/mol. The van der Waals surface area contributed by atoms with Crippen LogP contribution in [-0.2, 0) is 4.74 Å². The Kier molecular flexibility index (Phi) is 5.06. The van der Waals surface area contributed by atoms with Crippen molar-refractivity contribution in [2.24, 2.45) is 0 Å². The molecule has 0 radical (unpaired) electrons. The van der Waals surface area contributed by atoms with Crippen molar-refractivity contribution in [3.63, 3.8) is 0 Å². The van der Waals surface area contributed by atoms with Gasteiger partial charge >= 0.3 is 0 Å². The summed E-state index contributed by atoms with van der Waals surface area (Å²) in [6, 6.07) is 3.00. The minimum Gasteiger partial charge on any atom is -0.388 e. The van der Waals surface area contributed by atoms with Gasteiger partial charge in [0.2, 0.25) is 0 Å². The lowest BCUT2D eigenvalue weighted by Crippen LogP contribution is -2.42. The second kappa shape index (κ2) is 6.32. The number of carbonyl (C=O) groups excluding carboxylic acids is 1. The van der Waals surface area contributed by atoms with Crippen molar-refractivity contribution >= 4 is 5.91 Å². The van der Waals surface area contributed by atoms with E-state index in [9.17, 15) is 14.7 Å². The summed E-state index contributed by atoms with van der Waals surface area (Å²) in [5.74, 6) is -0.505. The number of methoxy groups -OCH3 is 1. The Morgan fingerprint density at radius 3 is 2.94 bits per heavy atom. The van der Waals surface area contributed by atoms with Crippen molar-refractivity contribution in [1.82, 2.24) is 10.3 Å². The molecule has 6 nitrogen and oxygen atoms in total. The average Bonchev–Trinajstić information content (AvgIpc) is 2.34. The Morgan fingerprint density at radius 1 is 1.61 bits per heavy atom. The zero-order chi connectivity index (χ0) is 13.6. The summed E-state index contributed by atoms with van der Waals surface area (Å²) in [5, 5.41) is 12.5. The number of aromatic amines is 1. The molecule has 0 bridgehead atoms. The first-order valence-corrected chi connectivity index (χ1v) is 5.63. The molecule has 3 N–H and O–H groups in total. The molecule has 0 aromatic carbocycles. The highest BCUT2D eigenvalue weighted by atomic mass is 16.5. The Hall–Kier alpha value is -1.66. The zero-order valence-electron chi connectivity index (χ0n) is 10.5. The van der Waals surface area contributed by atoms with E-state index in [2.05, 4.69) is 10.3 Å². The molecule has 0 fully saturated rings. The van der Waals surface area contributed by atoms with Crippen LogP contribution in [0.4, 0.5) is 0 Å². The molecular formula is C12H18N2O4. The standard InChI is InChI=1S/C12H18N2O4/c1-12(17,5-7-18-2)8-14-11(16)9-4-3-6-13-10(9)15/h3-4,6,17H,5,7-8H2,1-2H3,(H,13,15)(H,14,16). The minimum absolute atomic E-state index is 0.0278. The topological polar surface area (TPSA) is 91.4 Å². The highest BCUT2D eigenvalue weighted by molar-refractivity contribution is 5.93. The molecule has 1 atom stereocenters. The summed E-state index contributed by atoms with van der Waals surface area (Å²) >= 11 is 0. The number of aromatic nitrogens is 1. The van der Waals surface area contributed by atoms with Crippen molar-refractivity contribution in [2.45, 2.75) is 18.9 Å². The van der Waals surface area contributed by atoms with E-state index in [1.807, 2.05) is 0 Å². The van der Waals surface area contributed by atoms with Crippen LogP contribution in [0.1, 0.15) is 23.7 Å². The minimum atomic E-state index is -1.06. The second-order valence-corrected chi connectivity index (χ2v) is 4.34. The first-order valence-electron chi connectivity index (χ1n) is 5.63. The van der Waals surface area contributed by atoms with Gasteiger partial charge in [-0.25, -0.2) is 0 Å². The molecule has 1 heterocycles. The van der Waals surface area contributed by atoms with Gasteiger partial charge in [-0.3, -0.25) is 9.59 Å². The highest BCUT2D eigenvalue weighted by Crippen LogP contribution is 2.07. The number of aliphatic hydroxyl groups is 1. The summed E-state index contributed by atoms with van der Waals surface area (Å²) in [6.45, 7) is 2.06.